The molecule has 0 fully saturated rings. The molecule has 0 aromatic carbocycles. The zero-order chi connectivity index (χ0) is 12.4. The molecule has 1 aliphatic rings. The van der Waals surface area contributed by atoms with Crippen LogP contribution in [0.5, 0.6) is 0 Å². The Morgan fingerprint density at radius 2 is 2.24 bits per heavy atom. The molecule has 1 aromatic heterocycles. The Bertz CT molecular complexity index is 421. The third-order valence-corrected chi connectivity index (χ3v) is 3.34. The van der Waals surface area contributed by atoms with E-state index in [0.717, 1.165) is 18.8 Å². The van der Waals surface area contributed by atoms with Crippen molar-refractivity contribution in [2.75, 3.05) is 0 Å². The lowest BCUT2D eigenvalue weighted by Crippen LogP contribution is -2.14. The largest absolute Gasteiger partial charge is 0.481 e. The maximum atomic E-state index is 10.6. The topological polar surface area (TPSA) is 55.1 Å². The van der Waals surface area contributed by atoms with Crippen LogP contribution in [0.25, 0.3) is 0 Å². The highest BCUT2D eigenvalue weighted by Gasteiger charge is 2.21. The van der Waals surface area contributed by atoms with Crippen LogP contribution in [0, 0.1) is 0 Å². The van der Waals surface area contributed by atoms with E-state index in [1.54, 1.807) is 0 Å². The molecule has 0 unspecified atom stereocenters. The predicted molar refractivity (Wildman–Crippen MR) is 65.2 cm³/mol. The van der Waals surface area contributed by atoms with Gasteiger partial charge in [-0.2, -0.15) is 0 Å². The van der Waals surface area contributed by atoms with Gasteiger partial charge in [-0.25, -0.2) is 4.98 Å². The van der Waals surface area contributed by atoms with E-state index in [0.29, 0.717) is 12.3 Å². The summed E-state index contributed by atoms with van der Waals surface area (Å²) >= 11 is 0. The van der Waals surface area contributed by atoms with Crippen molar-refractivity contribution in [3.63, 3.8) is 0 Å². The molecule has 4 nitrogen and oxygen atoms in total. The van der Waals surface area contributed by atoms with Gasteiger partial charge in [0, 0.05) is 18.7 Å². The lowest BCUT2D eigenvalue weighted by atomic mass is 10.0. The average Bonchev–Trinajstić information content (AvgIpc) is 2.65. The fourth-order valence-electron chi connectivity index (χ4n) is 2.52. The number of carboxylic acid groups (broad SMARTS) is 1. The summed E-state index contributed by atoms with van der Waals surface area (Å²) < 4.78 is 2.25. The van der Waals surface area contributed by atoms with E-state index in [1.807, 2.05) is 0 Å². The molecule has 0 radical (unpaired) electrons. The van der Waals surface area contributed by atoms with Crippen LogP contribution in [0.1, 0.15) is 56.2 Å². The van der Waals surface area contributed by atoms with Gasteiger partial charge < -0.3 is 9.67 Å². The number of aryl methyl sites for hydroxylation is 1. The standard InChI is InChI=1S/C13H20N2O2/c1-9(2)13-10-5-3-4-8-15(10)11(14-13)6-7-12(16)17/h9H,3-8H2,1-2H3,(H,16,17). The first-order chi connectivity index (χ1) is 8.09. The number of nitrogens with zero attached hydrogens (tertiary/aromatic N) is 2. The van der Waals surface area contributed by atoms with Gasteiger partial charge in [0.25, 0.3) is 0 Å². The van der Waals surface area contributed by atoms with E-state index in [9.17, 15) is 4.79 Å². The number of hydrogen-bond donors (Lipinski definition) is 1. The number of aliphatic carboxylic acids is 1. The first-order valence-electron chi connectivity index (χ1n) is 6.39. The molecule has 1 aromatic rings. The lowest BCUT2D eigenvalue weighted by molar-refractivity contribution is -0.137. The molecule has 0 aliphatic carbocycles. The van der Waals surface area contributed by atoms with Gasteiger partial charge in [0.15, 0.2) is 0 Å². The van der Waals surface area contributed by atoms with E-state index >= 15 is 0 Å². The maximum Gasteiger partial charge on any atom is 0.303 e. The van der Waals surface area contributed by atoms with Gasteiger partial charge in [0.2, 0.25) is 0 Å². The number of rotatable bonds is 4. The van der Waals surface area contributed by atoms with E-state index in [4.69, 9.17) is 5.11 Å². The number of carboxylic acids is 1. The minimum absolute atomic E-state index is 0.175. The Hall–Kier alpha value is -1.32. The van der Waals surface area contributed by atoms with Crippen molar-refractivity contribution in [1.29, 1.82) is 0 Å². The molecule has 0 saturated carbocycles. The molecule has 17 heavy (non-hydrogen) atoms. The molecule has 0 spiro atoms. The summed E-state index contributed by atoms with van der Waals surface area (Å²) in [5.74, 6) is 0.642. The molecular formula is C13H20N2O2. The molecule has 0 bridgehead atoms. The second-order valence-electron chi connectivity index (χ2n) is 5.02. The number of carbonyl (C=O) groups is 1. The zero-order valence-electron chi connectivity index (χ0n) is 10.6. The van der Waals surface area contributed by atoms with Crippen molar-refractivity contribution in [2.45, 2.75) is 58.4 Å². The van der Waals surface area contributed by atoms with Crippen molar-refractivity contribution >= 4 is 5.97 Å². The Labute approximate surface area is 102 Å². The summed E-state index contributed by atoms with van der Waals surface area (Å²) in [6.07, 6.45) is 4.22. The van der Waals surface area contributed by atoms with Gasteiger partial charge in [-0.1, -0.05) is 13.8 Å². The van der Waals surface area contributed by atoms with Crippen molar-refractivity contribution in [3.05, 3.63) is 17.2 Å². The van der Waals surface area contributed by atoms with Crippen molar-refractivity contribution in [2.24, 2.45) is 0 Å². The van der Waals surface area contributed by atoms with E-state index < -0.39 is 5.97 Å². The molecule has 94 valence electrons. The molecule has 0 saturated heterocycles. The highest BCUT2D eigenvalue weighted by Crippen LogP contribution is 2.26. The number of hydrogen-bond acceptors (Lipinski definition) is 2. The second-order valence-corrected chi connectivity index (χ2v) is 5.02. The van der Waals surface area contributed by atoms with Gasteiger partial charge in [-0.3, -0.25) is 4.79 Å². The SMILES string of the molecule is CC(C)c1nc(CCC(=O)O)n2c1CCCC2. The number of fused-ring (bicyclic) bond motifs is 1. The normalized spacial score (nSPS) is 15.0. The molecule has 2 heterocycles. The minimum Gasteiger partial charge on any atom is -0.481 e. The van der Waals surface area contributed by atoms with Crippen molar-refractivity contribution in [3.8, 4) is 0 Å². The minimum atomic E-state index is -0.746. The number of imidazole rings is 1. The predicted octanol–water partition coefficient (Wildman–Crippen LogP) is 2.36. The Morgan fingerprint density at radius 1 is 1.47 bits per heavy atom. The highest BCUT2D eigenvalue weighted by molar-refractivity contribution is 5.66. The smallest absolute Gasteiger partial charge is 0.303 e. The van der Waals surface area contributed by atoms with Gasteiger partial charge in [0.05, 0.1) is 12.1 Å². The van der Waals surface area contributed by atoms with Crippen LogP contribution < -0.4 is 0 Å². The molecule has 1 aliphatic heterocycles. The Kier molecular flexibility index (Phi) is 3.50. The summed E-state index contributed by atoms with van der Waals surface area (Å²) in [6, 6.07) is 0. The second kappa shape index (κ2) is 4.90. The number of aromatic nitrogens is 2. The third kappa shape index (κ3) is 2.51. The first-order valence-corrected chi connectivity index (χ1v) is 6.39. The van der Waals surface area contributed by atoms with Crippen LogP contribution in [-0.4, -0.2) is 20.6 Å². The summed E-state index contributed by atoms with van der Waals surface area (Å²) in [6.45, 7) is 5.31. The van der Waals surface area contributed by atoms with Crippen LogP contribution >= 0.6 is 0 Å². The fourth-order valence-corrected chi connectivity index (χ4v) is 2.52. The first kappa shape index (κ1) is 12.1. The fraction of sp³-hybridized carbons (Fsp3) is 0.692. The molecule has 2 rings (SSSR count). The van der Waals surface area contributed by atoms with E-state index in [2.05, 4.69) is 23.4 Å². The van der Waals surface area contributed by atoms with Gasteiger partial charge in [0.1, 0.15) is 5.82 Å². The molecular weight excluding hydrogens is 216 g/mol. The molecule has 0 atom stereocenters. The van der Waals surface area contributed by atoms with Gasteiger partial charge in [-0.15, -0.1) is 0 Å². The monoisotopic (exact) mass is 236 g/mol. The lowest BCUT2D eigenvalue weighted by Gasteiger charge is -2.18. The van der Waals surface area contributed by atoms with Crippen molar-refractivity contribution < 1.29 is 9.90 Å². The van der Waals surface area contributed by atoms with Gasteiger partial charge in [-0.05, 0) is 25.2 Å². The van der Waals surface area contributed by atoms with E-state index in [1.165, 1.54) is 24.2 Å². The zero-order valence-corrected chi connectivity index (χ0v) is 10.6. The summed E-state index contributed by atoms with van der Waals surface area (Å²) in [5, 5.41) is 8.76. The highest BCUT2D eigenvalue weighted by atomic mass is 16.4. The molecule has 1 N–H and O–H groups in total. The third-order valence-electron chi connectivity index (χ3n) is 3.34. The summed E-state index contributed by atoms with van der Waals surface area (Å²) in [7, 11) is 0. The average molecular weight is 236 g/mol. The Morgan fingerprint density at radius 3 is 2.88 bits per heavy atom. The van der Waals surface area contributed by atoms with Crippen molar-refractivity contribution in [1.82, 2.24) is 9.55 Å². The summed E-state index contributed by atoms with van der Waals surface area (Å²) in [5.41, 5.74) is 2.51. The van der Waals surface area contributed by atoms with Gasteiger partial charge >= 0.3 is 5.97 Å². The van der Waals surface area contributed by atoms with Crippen LogP contribution in [0.15, 0.2) is 0 Å². The van der Waals surface area contributed by atoms with Crippen LogP contribution in [-0.2, 0) is 24.2 Å². The quantitative estimate of drug-likeness (QED) is 0.873. The molecule has 4 heteroatoms. The van der Waals surface area contributed by atoms with Crippen LogP contribution in [0.4, 0.5) is 0 Å². The maximum absolute atomic E-state index is 10.6. The van der Waals surface area contributed by atoms with E-state index in [-0.39, 0.29) is 6.42 Å². The molecule has 0 amide bonds. The summed E-state index contributed by atoms with van der Waals surface area (Å²) in [4.78, 5) is 15.3. The van der Waals surface area contributed by atoms with Crippen LogP contribution in [0.2, 0.25) is 0 Å². The van der Waals surface area contributed by atoms with Crippen LogP contribution in [0.3, 0.4) is 0 Å². The Balaban J connectivity index is 2.29.